The number of anilines is 2. The van der Waals surface area contributed by atoms with Gasteiger partial charge in [0.2, 0.25) is 0 Å². The number of hydrogen-bond acceptors (Lipinski definition) is 4. The number of nitrogens with one attached hydrogen (secondary N) is 1. The number of nitrogen functional groups attached to an aromatic ring is 1. The first kappa shape index (κ1) is 14.3. The number of nitrogens with zero attached hydrogens (tertiary/aromatic N) is 2. The molecule has 3 N–H and O–H groups in total. The van der Waals surface area contributed by atoms with Crippen LogP contribution in [0.1, 0.15) is 46.6 Å². The van der Waals surface area contributed by atoms with Crippen molar-refractivity contribution in [2.45, 2.75) is 46.6 Å². The Bertz CT molecular complexity index is 464. The third kappa shape index (κ3) is 4.25. The molecule has 0 radical (unpaired) electrons. The van der Waals surface area contributed by atoms with Crippen molar-refractivity contribution in [2.24, 2.45) is 5.41 Å². The van der Waals surface area contributed by atoms with Gasteiger partial charge in [-0.15, -0.1) is 0 Å². The van der Waals surface area contributed by atoms with E-state index in [2.05, 4.69) is 51.0 Å². The van der Waals surface area contributed by atoms with E-state index in [0.29, 0.717) is 17.1 Å². The van der Waals surface area contributed by atoms with Crippen LogP contribution < -0.4 is 11.1 Å². The number of nitriles is 1. The maximum Gasteiger partial charge on any atom is 0.144 e. The van der Waals surface area contributed by atoms with Crippen molar-refractivity contribution in [3.63, 3.8) is 0 Å². The van der Waals surface area contributed by atoms with Gasteiger partial charge in [0.25, 0.3) is 0 Å². The molecule has 0 aliphatic rings. The summed E-state index contributed by atoms with van der Waals surface area (Å²) < 4.78 is 0. The Morgan fingerprint density at radius 3 is 2.44 bits per heavy atom. The molecule has 0 aromatic carbocycles. The van der Waals surface area contributed by atoms with Gasteiger partial charge in [0, 0.05) is 5.54 Å². The lowest BCUT2D eigenvalue weighted by Gasteiger charge is -2.34. The Kier molecular flexibility index (Phi) is 3.85. The molecule has 0 spiro atoms. The van der Waals surface area contributed by atoms with Crippen LogP contribution in [0, 0.1) is 16.7 Å². The minimum atomic E-state index is -0.132. The topological polar surface area (TPSA) is 74.7 Å². The van der Waals surface area contributed by atoms with Crippen molar-refractivity contribution in [3.05, 3.63) is 17.8 Å². The summed E-state index contributed by atoms with van der Waals surface area (Å²) in [4.78, 5) is 4.21. The van der Waals surface area contributed by atoms with Gasteiger partial charge in [0.1, 0.15) is 11.9 Å². The van der Waals surface area contributed by atoms with Gasteiger partial charge in [-0.3, -0.25) is 0 Å². The number of pyridine rings is 1. The smallest absolute Gasteiger partial charge is 0.144 e. The normalized spacial score (nSPS) is 12.0. The van der Waals surface area contributed by atoms with Crippen molar-refractivity contribution in [1.29, 1.82) is 5.26 Å². The third-order valence-electron chi connectivity index (χ3n) is 2.46. The number of nitrogens with two attached hydrogens (primary N) is 1. The molecule has 4 heteroatoms. The molecule has 1 aromatic heterocycles. The van der Waals surface area contributed by atoms with Crippen molar-refractivity contribution < 1.29 is 0 Å². The van der Waals surface area contributed by atoms with E-state index in [1.807, 2.05) is 0 Å². The maximum atomic E-state index is 9.09. The van der Waals surface area contributed by atoms with Crippen LogP contribution in [-0.2, 0) is 0 Å². The second-order valence-corrected chi connectivity index (χ2v) is 6.52. The molecule has 1 aromatic rings. The van der Waals surface area contributed by atoms with E-state index in [-0.39, 0.29) is 11.0 Å². The van der Waals surface area contributed by atoms with Gasteiger partial charge in [0.15, 0.2) is 0 Å². The van der Waals surface area contributed by atoms with Crippen LogP contribution >= 0.6 is 0 Å². The average molecular weight is 246 g/mol. The molecule has 0 unspecified atom stereocenters. The fourth-order valence-electron chi connectivity index (χ4n) is 2.36. The Morgan fingerprint density at radius 1 is 1.33 bits per heavy atom. The van der Waals surface area contributed by atoms with E-state index in [4.69, 9.17) is 11.0 Å². The third-order valence-corrected chi connectivity index (χ3v) is 2.46. The predicted octanol–water partition coefficient (Wildman–Crippen LogP) is 3.16. The van der Waals surface area contributed by atoms with Gasteiger partial charge in [-0.1, -0.05) is 20.8 Å². The van der Waals surface area contributed by atoms with Crippen LogP contribution in [0.4, 0.5) is 11.5 Å². The van der Waals surface area contributed by atoms with Crippen molar-refractivity contribution >= 4 is 11.5 Å². The molecule has 0 bridgehead atoms. The van der Waals surface area contributed by atoms with Gasteiger partial charge >= 0.3 is 0 Å². The first-order chi connectivity index (χ1) is 8.13. The van der Waals surface area contributed by atoms with Gasteiger partial charge < -0.3 is 11.1 Å². The zero-order chi connectivity index (χ0) is 14.0. The quantitative estimate of drug-likeness (QED) is 0.859. The van der Waals surface area contributed by atoms with Gasteiger partial charge in [-0.25, -0.2) is 4.98 Å². The molecule has 4 nitrogen and oxygen atoms in total. The van der Waals surface area contributed by atoms with Crippen LogP contribution in [0.3, 0.4) is 0 Å². The zero-order valence-corrected chi connectivity index (χ0v) is 11.8. The lowest BCUT2D eigenvalue weighted by atomic mass is 9.82. The second kappa shape index (κ2) is 4.85. The highest BCUT2D eigenvalue weighted by molar-refractivity contribution is 5.58. The van der Waals surface area contributed by atoms with Crippen molar-refractivity contribution in [2.75, 3.05) is 11.1 Å². The van der Waals surface area contributed by atoms with Gasteiger partial charge in [-0.05, 0) is 31.7 Å². The molecule has 0 aliphatic heterocycles. The molecular formula is C14H22N4. The summed E-state index contributed by atoms with van der Waals surface area (Å²) in [5.74, 6) is 0.598. The molecule has 0 fully saturated rings. The van der Waals surface area contributed by atoms with Gasteiger partial charge in [-0.2, -0.15) is 5.26 Å². The highest BCUT2D eigenvalue weighted by Gasteiger charge is 2.26. The first-order valence-electron chi connectivity index (χ1n) is 6.07. The van der Waals surface area contributed by atoms with Crippen molar-refractivity contribution in [3.8, 4) is 6.07 Å². The summed E-state index contributed by atoms with van der Waals surface area (Å²) in [5, 5.41) is 12.4. The van der Waals surface area contributed by atoms with Crippen LogP contribution in [0.15, 0.2) is 12.3 Å². The van der Waals surface area contributed by atoms with E-state index >= 15 is 0 Å². The molecular weight excluding hydrogens is 224 g/mol. The Morgan fingerprint density at radius 2 is 1.94 bits per heavy atom. The van der Waals surface area contributed by atoms with Crippen LogP contribution in [0.5, 0.6) is 0 Å². The van der Waals surface area contributed by atoms with Crippen LogP contribution in [0.2, 0.25) is 0 Å². The molecule has 18 heavy (non-hydrogen) atoms. The summed E-state index contributed by atoms with van der Waals surface area (Å²) >= 11 is 0. The molecule has 0 saturated heterocycles. The lowest BCUT2D eigenvalue weighted by Crippen LogP contribution is -2.36. The van der Waals surface area contributed by atoms with E-state index < -0.39 is 0 Å². The summed E-state index contributed by atoms with van der Waals surface area (Å²) in [6.07, 6.45) is 2.53. The monoisotopic (exact) mass is 246 g/mol. The fourth-order valence-corrected chi connectivity index (χ4v) is 2.36. The van der Waals surface area contributed by atoms with E-state index in [1.54, 1.807) is 12.3 Å². The predicted molar refractivity (Wildman–Crippen MR) is 75.1 cm³/mol. The molecule has 0 saturated carbocycles. The first-order valence-corrected chi connectivity index (χ1v) is 6.07. The molecule has 0 aliphatic carbocycles. The van der Waals surface area contributed by atoms with E-state index in [1.165, 1.54) is 0 Å². The number of aromatic nitrogens is 1. The van der Waals surface area contributed by atoms with Crippen LogP contribution in [0.25, 0.3) is 0 Å². The molecule has 98 valence electrons. The Labute approximate surface area is 109 Å². The summed E-state index contributed by atoms with van der Waals surface area (Å²) in [6.45, 7) is 10.8. The summed E-state index contributed by atoms with van der Waals surface area (Å²) in [6, 6.07) is 3.76. The highest BCUT2D eigenvalue weighted by atomic mass is 15.0. The second-order valence-electron chi connectivity index (χ2n) is 6.52. The largest absolute Gasteiger partial charge is 0.397 e. The summed E-state index contributed by atoms with van der Waals surface area (Å²) in [7, 11) is 0. The van der Waals surface area contributed by atoms with Gasteiger partial charge in [0.05, 0.1) is 17.4 Å². The minimum Gasteiger partial charge on any atom is -0.397 e. The molecule has 0 amide bonds. The molecule has 0 atom stereocenters. The fraction of sp³-hybridized carbons (Fsp3) is 0.571. The Hall–Kier alpha value is -1.76. The van der Waals surface area contributed by atoms with E-state index in [0.717, 1.165) is 6.42 Å². The zero-order valence-electron chi connectivity index (χ0n) is 11.8. The Balaban J connectivity index is 2.94. The minimum absolute atomic E-state index is 0.132. The van der Waals surface area contributed by atoms with E-state index in [9.17, 15) is 0 Å². The summed E-state index contributed by atoms with van der Waals surface area (Å²) in [5.41, 5.74) is 6.69. The standard InChI is InChI=1S/C14H22N4/c1-13(2,3)9-14(4,5)18-12-10(7-15)6-11(16)8-17-12/h6,8H,9,16H2,1-5H3,(H,17,18). The lowest BCUT2D eigenvalue weighted by molar-refractivity contribution is 0.302. The SMILES string of the molecule is CC(C)(C)CC(C)(C)Nc1ncc(N)cc1C#N. The highest BCUT2D eigenvalue weighted by Crippen LogP contribution is 2.30. The van der Waals surface area contributed by atoms with Crippen molar-refractivity contribution in [1.82, 2.24) is 4.98 Å². The number of rotatable bonds is 3. The number of hydrogen-bond donors (Lipinski definition) is 2. The molecule has 1 heterocycles. The van der Waals surface area contributed by atoms with Crippen LogP contribution in [-0.4, -0.2) is 10.5 Å². The molecule has 1 rings (SSSR count). The average Bonchev–Trinajstić information content (AvgIpc) is 2.16. The maximum absolute atomic E-state index is 9.09.